The van der Waals surface area contributed by atoms with Gasteiger partial charge in [-0.05, 0) is 36.8 Å². The molecule has 1 aromatic heterocycles. The van der Waals surface area contributed by atoms with E-state index >= 15 is 0 Å². The summed E-state index contributed by atoms with van der Waals surface area (Å²) in [7, 11) is 0. The van der Waals surface area contributed by atoms with Gasteiger partial charge in [-0.25, -0.2) is 0 Å². The van der Waals surface area contributed by atoms with Gasteiger partial charge in [0.2, 0.25) is 5.91 Å². The number of benzene rings is 1. The highest BCUT2D eigenvalue weighted by molar-refractivity contribution is 7.99. The summed E-state index contributed by atoms with van der Waals surface area (Å²) in [6.07, 6.45) is 5.25. The van der Waals surface area contributed by atoms with Gasteiger partial charge >= 0.3 is 0 Å². The molecule has 6 heteroatoms. The van der Waals surface area contributed by atoms with Crippen LogP contribution in [0, 0.1) is 18.8 Å². The van der Waals surface area contributed by atoms with Gasteiger partial charge in [0.05, 0.1) is 11.4 Å². The van der Waals surface area contributed by atoms with Crippen molar-refractivity contribution in [3.8, 4) is 5.69 Å². The monoisotopic (exact) mass is 358 g/mol. The summed E-state index contributed by atoms with van der Waals surface area (Å²) in [5.74, 6) is 1.66. The second kappa shape index (κ2) is 8.04. The Morgan fingerprint density at radius 1 is 1.32 bits per heavy atom. The van der Waals surface area contributed by atoms with Crippen molar-refractivity contribution in [2.75, 3.05) is 5.75 Å². The fraction of sp³-hybridized carbons (Fsp3) is 0.526. The molecule has 3 rings (SSSR count). The Labute approximate surface area is 153 Å². The first-order valence-electron chi connectivity index (χ1n) is 8.94. The van der Waals surface area contributed by atoms with Crippen LogP contribution in [0.5, 0.6) is 0 Å². The number of carbonyl (C=O) groups excluding carboxylic acids is 1. The topological polar surface area (TPSA) is 59.8 Å². The first-order valence-corrected chi connectivity index (χ1v) is 9.93. The van der Waals surface area contributed by atoms with Gasteiger partial charge in [0.1, 0.15) is 6.33 Å². The second-order valence-corrected chi connectivity index (χ2v) is 7.94. The van der Waals surface area contributed by atoms with Gasteiger partial charge in [0.25, 0.3) is 0 Å². The summed E-state index contributed by atoms with van der Waals surface area (Å²) in [5, 5.41) is 12.2. The van der Waals surface area contributed by atoms with Crippen LogP contribution in [0.3, 0.4) is 0 Å². The Balaban J connectivity index is 1.60. The van der Waals surface area contributed by atoms with Crippen LogP contribution >= 0.6 is 11.8 Å². The molecular formula is C19H26N4OS. The molecule has 1 aliphatic rings. The lowest BCUT2D eigenvalue weighted by atomic mass is 9.78. The predicted molar refractivity (Wildman–Crippen MR) is 101 cm³/mol. The van der Waals surface area contributed by atoms with Crippen molar-refractivity contribution in [3.63, 3.8) is 0 Å². The number of para-hydroxylation sites is 1. The number of hydrogen-bond acceptors (Lipinski definition) is 4. The van der Waals surface area contributed by atoms with Crippen LogP contribution in [0.4, 0.5) is 0 Å². The minimum absolute atomic E-state index is 0.0790. The van der Waals surface area contributed by atoms with E-state index in [4.69, 9.17) is 0 Å². The van der Waals surface area contributed by atoms with Gasteiger partial charge < -0.3 is 5.32 Å². The van der Waals surface area contributed by atoms with Gasteiger partial charge in [0.15, 0.2) is 5.16 Å². The normalized spacial score (nSPS) is 23.4. The molecule has 1 amide bonds. The maximum Gasteiger partial charge on any atom is 0.230 e. The molecule has 0 bridgehead atoms. The van der Waals surface area contributed by atoms with Crippen LogP contribution in [0.2, 0.25) is 0 Å². The fourth-order valence-corrected chi connectivity index (χ4v) is 4.22. The van der Waals surface area contributed by atoms with Gasteiger partial charge in [-0.15, -0.1) is 10.2 Å². The highest BCUT2D eigenvalue weighted by Gasteiger charge is 2.28. The standard InChI is InChI=1S/C19H26N4OS/c1-13-8-6-9-16(15(13)3)21-18(24)11-25-19-22-20-12-23(19)17-10-5-4-7-14(17)2/h4-5,7,10,12-13,15-16H,6,8-9,11H2,1-3H3,(H,21,24)/t13-,15-,16-/m0/s1. The van der Waals surface area contributed by atoms with Crippen LogP contribution in [0.15, 0.2) is 35.7 Å². The number of nitrogens with zero attached hydrogens (tertiary/aromatic N) is 3. The molecule has 0 spiro atoms. The summed E-state index contributed by atoms with van der Waals surface area (Å²) in [5.41, 5.74) is 2.20. The number of aromatic nitrogens is 3. The molecule has 5 nitrogen and oxygen atoms in total. The molecule has 0 saturated heterocycles. The molecule has 1 heterocycles. The number of rotatable bonds is 5. The lowest BCUT2D eigenvalue weighted by Gasteiger charge is -2.34. The van der Waals surface area contributed by atoms with Crippen molar-refractivity contribution in [2.24, 2.45) is 11.8 Å². The van der Waals surface area contributed by atoms with Crippen molar-refractivity contribution in [1.29, 1.82) is 0 Å². The van der Waals surface area contributed by atoms with Crippen LogP contribution < -0.4 is 5.32 Å². The number of carbonyl (C=O) groups is 1. The van der Waals surface area contributed by atoms with E-state index in [0.29, 0.717) is 23.6 Å². The van der Waals surface area contributed by atoms with Crippen LogP contribution in [-0.4, -0.2) is 32.5 Å². The summed E-state index contributed by atoms with van der Waals surface area (Å²) in [6.45, 7) is 6.58. The molecule has 1 aromatic carbocycles. The second-order valence-electron chi connectivity index (χ2n) is 7.00. The van der Waals surface area contributed by atoms with E-state index in [1.807, 2.05) is 22.8 Å². The Morgan fingerprint density at radius 3 is 2.92 bits per heavy atom. The maximum atomic E-state index is 12.4. The number of hydrogen-bond donors (Lipinski definition) is 1. The lowest BCUT2D eigenvalue weighted by molar-refractivity contribution is -0.120. The van der Waals surface area contributed by atoms with E-state index in [-0.39, 0.29) is 5.91 Å². The molecule has 134 valence electrons. The minimum atomic E-state index is 0.0790. The molecule has 0 unspecified atom stereocenters. The van der Waals surface area contributed by atoms with Crippen LogP contribution in [0.1, 0.15) is 38.7 Å². The zero-order valence-electron chi connectivity index (χ0n) is 15.1. The molecule has 0 radical (unpaired) electrons. The minimum Gasteiger partial charge on any atom is -0.352 e. The molecular weight excluding hydrogens is 332 g/mol. The lowest BCUT2D eigenvalue weighted by Crippen LogP contribution is -2.44. The average Bonchev–Trinajstić information content (AvgIpc) is 3.06. The SMILES string of the molecule is Cc1ccccc1-n1cnnc1SCC(=O)N[C@H]1CCC[C@H](C)[C@@H]1C. The third-order valence-electron chi connectivity index (χ3n) is 5.28. The molecule has 25 heavy (non-hydrogen) atoms. The van der Waals surface area contributed by atoms with Gasteiger partial charge in [-0.1, -0.05) is 56.7 Å². The van der Waals surface area contributed by atoms with Crippen LogP contribution in [-0.2, 0) is 4.79 Å². The molecule has 2 aromatic rings. The van der Waals surface area contributed by atoms with Crippen molar-refractivity contribution in [2.45, 2.75) is 51.2 Å². The zero-order valence-corrected chi connectivity index (χ0v) is 15.9. The Morgan fingerprint density at radius 2 is 2.12 bits per heavy atom. The van der Waals surface area contributed by atoms with Crippen molar-refractivity contribution in [1.82, 2.24) is 20.1 Å². The third-order valence-corrected chi connectivity index (χ3v) is 6.22. The first-order chi connectivity index (χ1) is 12.1. The highest BCUT2D eigenvalue weighted by Crippen LogP contribution is 2.29. The smallest absolute Gasteiger partial charge is 0.230 e. The molecule has 1 aliphatic carbocycles. The van der Waals surface area contributed by atoms with E-state index in [9.17, 15) is 4.79 Å². The fourth-order valence-electron chi connectivity index (χ4n) is 3.49. The highest BCUT2D eigenvalue weighted by atomic mass is 32.2. The quantitative estimate of drug-likeness (QED) is 0.830. The number of amides is 1. The van der Waals surface area contributed by atoms with E-state index < -0.39 is 0 Å². The largest absolute Gasteiger partial charge is 0.352 e. The van der Waals surface area contributed by atoms with Gasteiger partial charge in [-0.2, -0.15) is 0 Å². The van der Waals surface area contributed by atoms with E-state index in [1.165, 1.54) is 24.6 Å². The van der Waals surface area contributed by atoms with Crippen molar-refractivity contribution in [3.05, 3.63) is 36.2 Å². The number of nitrogens with one attached hydrogen (secondary N) is 1. The summed E-state index contributed by atoms with van der Waals surface area (Å²) in [6, 6.07) is 8.40. The maximum absolute atomic E-state index is 12.4. The zero-order chi connectivity index (χ0) is 17.8. The van der Waals surface area contributed by atoms with E-state index in [0.717, 1.165) is 22.8 Å². The summed E-state index contributed by atoms with van der Waals surface area (Å²) in [4.78, 5) is 12.4. The number of thioether (sulfide) groups is 1. The Bertz CT molecular complexity index is 730. The van der Waals surface area contributed by atoms with Crippen molar-refractivity contribution < 1.29 is 4.79 Å². The Kier molecular flexibility index (Phi) is 5.78. The molecule has 1 saturated carbocycles. The van der Waals surface area contributed by atoms with E-state index in [1.54, 1.807) is 6.33 Å². The summed E-state index contributed by atoms with van der Waals surface area (Å²) >= 11 is 1.43. The summed E-state index contributed by atoms with van der Waals surface area (Å²) < 4.78 is 1.94. The predicted octanol–water partition coefficient (Wildman–Crippen LogP) is 3.61. The van der Waals surface area contributed by atoms with Crippen LogP contribution in [0.25, 0.3) is 5.69 Å². The first kappa shape index (κ1) is 18.0. The molecule has 1 fully saturated rings. The third kappa shape index (κ3) is 4.24. The van der Waals surface area contributed by atoms with Gasteiger partial charge in [-0.3, -0.25) is 9.36 Å². The molecule has 0 aliphatic heterocycles. The molecule has 3 atom stereocenters. The molecule has 1 N–H and O–H groups in total. The Hall–Kier alpha value is -1.82. The number of aryl methyl sites for hydroxylation is 1. The van der Waals surface area contributed by atoms with E-state index in [2.05, 4.69) is 42.4 Å². The van der Waals surface area contributed by atoms with Gasteiger partial charge in [0, 0.05) is 6.04 Å². The van der Waals surface area contributed by atoms with Crippen molar-refractivity contribution >= 4 is 17.7 Å². The average molecular weight is 359 g/mol.